The summed E-state index contributed by atoms with van der Waals surface area (Å²) in [5, 5.41) is 8.65. The smallest absolute Gasteiger partial charge is 0.161 e. The first-order chi connectivity index (χ1) is 11.3. The van der Waals surface area contributed by atoms with Crippen molar-refractivity contribution < 1.29 is 0 Å². The molecular formula is C16H15N7. The van der Waals surface area contributed by atoms with Crippen LogP contribution in [0.15, 0.2) is 30.7 Å². The highest BCUT2D eigenvalue weighted by atomic mass is 15.4. The van der Waals surface area contributed by atoms with Crippen LogP contribution in [0.2, 0.25) is 0 Å². The van der Waals surface area contributed by atoms with E-state index in [0.29, 0.717) is 0 Å². The van der Waals surface area contributed by atoms with Crippen LogP contribution in [-0.2, 0) is 0 Å². The maximum absolute atomic E-state index is 4.86. The van der Waals surface area contributed by atoms with Crippen LogP contribution in [-0.4, -0.2) is 36.3 Å². The Hall–Kier alpha value is -2.83. The van der Waals surface area contributed by atoms with Crippen molar-refractivity contribution in [3.8, 4) is 17.1 Å². The summed E-state index contributed by atoms with van der Waals surface area (Å²) in [6.07, 6.45) is 7.64. The lowest BCUT2D eigenvalue weighted by molar-refractivity contribution is 0.618. The van der Waals surface area contributed by atoms with Crippen molar-refractivity contribution in [2.75, 3.05) is 11.4 Å². The minimum Gasteiger partial charge on any atom is -0.344 e. The van der Waals surface area contributed by atoms with Crippen LogP contribution in [0, 0.1) is 6.92 Å². The van der Waals surface area contributed by atoms with Gasteiger partial charge in [-0.25, -0.2) is 9.97 Å². The van der Waals surface area contributed by atoms with E-state index in [4.69, 9.17) is 4.98 Å². The Morgan fingerprint density at radius 3 is 2.91 bits per heavy atom. The maximum Gasteiger partial charge on any atom is 0.161 e. The molecule has 0 saturated carbocycles. The van der Waals surface area contributed by atoms with Gasteiger partial charge in [0.15, 0.2) is 17.5 Å². The lowest BCUT2D eigenvalue weighted by Crippen LogP contribution is -2.32. The average Bonchev–Trinajstić information content (AvgIpc) is 3.22. The van der Waals surface area contributed by atoms with E-state index in [0.717, 1.165) is 53.9 Å². The first-order valence-electron chi connectivity index (χ1n) is 7.79. The van der Waals surface area contributed by atoms with E-state index in [-0.39, 0.29) is 6.04 Å². The zero-order valence-electron chi connectivity index (χ0n) is 12.7. The molecule has 1 saturated heterocycles. The molecule has 2 aliphatic rings. The molecule has 7 nitrogen and oxygen atoms in total. The monoisotopic (exact) mass is 305 g/mol. The van der Waals surface area contributed by atoms with E-state index < -0.39 is 0 Å². The maximum atomic E-state index is 4.86. The Kier molecular flexibility index (Phi) is 2.53. The molecular weight excluding hydrogens is 290 g/mol. The highest BCUT2D eigenvalue weighted by Crippen LogP contribution is 2.42. The van der Waals surface area contributed by atoms with E-state index in [1.807, 2.05) is 25.3 Å². The summed E-state index contributed by atoms with van der Waals surface area (Å²) in [5.74, 6) is 3.59. The van der Waals surface area contributed by atoms with Gasteiger partial charge in [-0.15, -0.1) is 10.2 Å². The zero-order valence-corrected chi connectivity index (χ0v) is 12.7. The van der Waals surface area contributed by atoms with Crippen LogP contribution in [0.5, 0.6) is 0 Å². The number of fused-ring (bicyclic) bond motifs is 6. The summed E-state index contributed by atoms with van der Waals surface area (Å²) >= 11 is 0. The van der Waals surface area contributed by atoms with Gasteiger partial charge < -0.3 is 4.90 Å². The Labute approximate surface area is 133 Å². The summed E-state index contributed by atoms with van der Waals surface area (Å²) < 4.78 is 2.10. The third kappa shape index (κ3) is 1.73. The van der Waals surface area contributed by atoms with Crippen LogP contribution < -0.4 is 4.90 Å². The Balaban J connectivity index is 1.74. The summed E-state index contributed by atoms with van der Waals surface area (Å²) in [5.41, 5.74) is 1.95. The van der Waals surface area contributed by atoms with Gasteiger partial charge in [-0.2, -0.15) is 0 Å². The third-order valence-corrected chi connectivity index (χ3v) is 4.60. The summed E-state index contributed by atoms with van der Waals surface area (Å²) in [6.45, 7) is 2.97. The average molecular weight is 305 g/mol. The van der Waals surface area contributed by atoms with Gasteiger partial charge in [-0.1, -0.05) is 0 Å². The fraction of sp³-hybridized carbons (Fsp3) is 0.312. The Morgan fingerprint density at radius 1 is 1.17 bits per heavy atom. The third-order valence-electron chi connectivity index (χ3n) is 4.60. The molecule has 0 aromatic carbocycles. The van der Waals surface area contributed by atoms with E-state index in [1.54, 1.807) is 12.4 Å². The molecule has 0 aliphatic carbocycles. The normalized spacial score (nSPS) is 18.5. The van der Waals surface area contributed by atoms with Crippen molar-refractivity contribution in [3.63, 3.8) is 0 Å². The van der Waals surface area contributed by atoms with Gasteiger partial charge in [-0.3, -0.25) is 9.55 Å². The second-order valence-corrected chi connectivity index (χ2v) is 5.93. The van der Waals surface area contributed by atoms with Gasteiger partial charge in [0.2, 0.25) is 0 Å². The van der Waals surface area contributed by atoms with Crippen molar-refractivity contribution in [1.29, 1.82) is 0 Å². The topological polar surface area (TPSA) is 72.6 Å². The quantitative estimate of drug-likeness (QED) is 0.685. The van der Waals surface area contributed by atoms with Gasteiger partial charge in [0.25, 0.3) is 0 Å². The second-order valence-electron chi connectivity index (χ2n) is 5.93. The molecule has 114 valence electrons. The minimum atomic E-state index is 0.267. The van der Waals surface area contributed by atoms with Crippen LogP contribution in [0.4, 0.5) is 5.82 Å². The molecule has 3 aromatic rings. The standard InChI is InChI=1S/C16H15N7/c1-10-20-21-16-12-3-2-8-22(12)15-13(23(10)16)9-18-14(19-15)11-4-6-17-7-5-11/h4-7,9,12H,2-3,8H2,1H3/t12-/m1/s1. The zero-order chi connectivity index (χ0) is 15.4. The fourth-order valence-electron chi connectivity index (χ4n) is 3.56. The molecule has 0 spiro atoms. The summed E-state index contributed by atoms with van der Waals surface area (Å²) in [6, 6.07) is 4.13. The van der Waals surface area contributed by atoms with Crippen molar-refractivity contribution in [2.24, 2.45) is 0 Å². The van der Waals surface area contributed by atoms with Crippen molar-refractivity contribution >= 4 is 5.82 Å². The van der Waals surface area contributed by atoms with Crippen LogP contribution in [0.3, 0.4) is 0 Å². The molecule has 0 unspecified atom stereocenters. The molecule has 2 aliphatic heterocycles. The van der Waals surface area contributed by atoms with E-state index in [2.05, 4.69) is 29.6 Å². The molecule has 23 heavy (non-hydrogen) atoms. The van der Waals surface area contributed by atoms with Crippen LogP contribution in [0.25, 0.3) is 17.1 Å². The summed E-state index contributed by atoms with van der Waals surface area (Å²) in [4.78, 5) is 15.8. The van der Waals surface area contributed by atoms with Crippen molar-refractivity contribution in [3.05, 3.63) is 42.4 Å². The number of pyridine rings is 1. The predicted molar refractivity (Wildman–Crippen MR) is 84.2 cm³/mol. The lowest BCUT2D eigenvalue weighted by Gasteiger charge is -2.32. The molecule has 1 fully saturated rings. The number of hydrogen-bond donors (Lipinski definition) is 0. The van der Waals surface area contributed by atoms with E-state index in [1.165, 1.54) is 0 Å². The number of anilines is 1. The number of hydrogen-bond acceptors (Lipinski definition) is 6. The number of aryl methyl sites for hydroxylation is 1. The molecule has 5 rings (SSSR count). The predicted octanol–water partition coefficient (Wildman–Crippen LogP) is 2.08. The molecule has 0 amide bonds. The minimum absolute atomic E-state index is 0.267. The fourth-order valence-corrected chi connectivity index (χ4v) is 3.56. The molecule has 0 radical (unpaired) electrons. The van der Waals surface area contributed by atoms with Gasteiger partial charge in [0, 0.05) is 24.5 Å². The van der Waals surface area contributed by atoms with Gasteiger partial charge in [0.1, 0.15) is 11.5 Å². The van der Waals surface area contributed by atoms with E-state index in [9.17, 15) is 0 Å². The van der Waals surface area contributed by atoms with E-state index >= 15 is 0 Å². The first kappa shape index (κ1) is 12.7. The van der Waals surface area contributed by atoms with Gasteiger partial charge in [0.05, 0.1) is 12.2 Å². The molecule has 5 heterocycles. The molecule has 1 atom stereocenters. The van der Waals surface area contributed by atoms with Crippen molar-refractivity contribution in [2.45, 2.75) is 25.8 Å². The Bertz CT molecular complexity index is 887. The van der Waals surface area contributed by atoms with Crippen molar-refractivity contribution in [1.82, 2.24) is 29.7 Å². The number of rotatable bonds is 1. The molecule has 0 N–H and O–H groups in total. The highest BCUT2D eigenvalue weighted by Gasteiger charge is 2.38. The first-order valence-corrected chi connectivity index (χ1v) is 7.79. The lowest BCUT2D eigenvalue weighted by atomic mass is 10.1. The van der Waals surface area contributed by atoms with Gasteiger partial charge >= 0.3 is 0 Å². The van der Waals surface area contributed by atoms with Crippen LogP contribution in [0.1, 0.15) is 30.5 Å². The summed E-state index contributed by atoms with van der Waals surface area (Å²) in [7, 11) is 0. The van der Waals surface area contributed by atoms with Gasteiger partial charge in [-0.05, 0) is 31.9 Å². The number of nitrogens with zero attached hydrogens (tertiary/aromatic N) is 7. The molecule has 0 bridgehead atoms. The largest absolute Gasteiger partial charge is 0.344 e. The second kappa shape index (κ2) is 4.58. The van der Waals surface area contributed by atoms with Crippen LogP contribution >= 0.6 is 0 Å². The molecule has 7 heteroatoms. The number of aromatic nitrogens is 6. The highest BCUT2D eigenvalue weighted by molar-refractivity contribution is 5.66. The Morgan fingerprint density at radius 2 is 2.04 bits per heavy atom. The SMILES string of the molecule is Cc1nnc2n1-c1cnc(-c3ccncc3)nc1N1CCC[C@H]21. The molecule has 3 aromatic heterocycles.